The number of rotatable bonds is 5. The van der Waals surface area contributed by atoms with E-state index in [1.54, 1.807) is 24.0 Å². The van der Waals surface area contributed by atoms with Gasteiger partial charge in [-0.15, -0.1) is 0 Å². The molecule has 0 bridgehead atoms. The Kier molecular flexibility index (Phi) is 4.80. The molecule has 1 aliphatic rings. The van der Waals surface area contributed by atoms with Crippen LogP contribution in [0.1, 0.15) is 6.92 Å². The zero-order valence-electron chi connectivity index (χ0n) is 9.60. The molecule has 0 aliphatic carbocycles. The molecule has 0 aromatic carbocycles. The van der Waals surface area contributed by atoms with Crippen LogP contribution in [0.4, 0.5) is 4.79 Å². The van der Waals surface area contributed by atoms with Crippen molar-refractivity contribution in [3.8, 4) is 0 Å². The van der Waals surface area contributed by atoms with Crippen LogP contribution in [0.5, 0.6) is 0 Å². The van der Waals surface area contributed by atoms with Gasteiger partial charge in [-0.2, -0.15) is 0 Å². The predicted molar refractivity (Wildman–Crippen MR) is 54.9 cm³/mol. The summed E-state index contributed by atoms with van der Waals surface area (Å²) in [5.74, 6) is 0. The maximum atomic E-state index is 11.8. The smallest absolute Gasteiger partial charge is 0.325 e. The van der Waals surface area contributed by atoms with Crippen molar-refractivity contribution in [3.63, 3.8) is 0 Å². The fourth-order valence-corrected chi connectivity index (χ4v) is 1.55. The maximum Gasteiger partial charge on any atom is 0.325 e. The Morgan fingerprint density at radius 1 is 1.13 bits per heavy atom. The predicted octanol–water partition coefficient (Wildman–Crippen LogP) is 0.169. The van der Waals surface area contributed by atoms with Crippen molar-refractivity contribution in [3.05, 3.63) is 0 Å². The molecule has 1 saturated heterocycles. The highest BCUT2D eigenvalue weighted by molar-refractivity contribution is 5.74. The third-order valence-electron chi connectivity index (χ3n) is 2.30. The molecular formula is C9H19N3O3. The lowest BCUT2D eigenvalue weighted by atomic mass is 10.5. The van der Waals surface area contributed by atoms with E-state index in [9.17, 15) is 4.79 Å². The molecule has 15 heavy (non-hydrogen) atoms. The summed E-state index contributed by atoms with van der Waals surface area (Å²) in [5.41, 5.74) is 0. The Morgan fingerprint density at radius 2 is 1.60 bits per heavy atom. The van der Waals surface area contributed by atoms with Crippen molar-refractivity contribution in [1.29, 1.82) is 0 Å². The maximum absolute atomic E-state index is 11.8. The highest BCUT2D eigenvalue weighted by atomic mass is 16.5. The monoisotopic (exact) mass is 217 g/mol. The lowest BCUT2D eigenvalue weighted by Crippen LogP contribution is -2.58. The second-order valence-corrected chi connectivity index (χ2v) is 3.47. The van der Waals surface area contributed by atoms with Gasteiger partial charge in [-0.25, -0.2) is 4.79 Å². The molecule has 6 nitrogen and oxygen atoms in total. The molecule has 6 heteroatoms. The second kappa shape index (κ2) is 5.89. The number of hydrogen-bond donors (Lipinski definition) is 0. The molecule has 0 aromatic rings. The first-order chi connectivity index (χ1) is 7.22. The van der Waals surface area contributed by atoms with Gasteiger partial charge in [0, 0.05) is 14.2 Å². The Bertz CT molecular complexity index is 195. The van der Waals surface area contributed by atoms with Crippen molar-refractivity contribution in [2.75, 3.05) is 47.6 Å². The first-order valence-electron chi connectivity index (χ1n) is 4.97. The SMILES string of the molecule is CCN1CN(COC)C(=O)N(COC)C1. The minimum Gasteiger partial charge on any atom is -0.364 e. The Morgan fingerprint density at radius 3 is 1.93 bits per heavy atom. The lowest BCUT2D eigenvalue weighted by molar-refractivity contribution is -0.0412. The third-order valence-corrected chi connectivity index (χ3v) is 2.30. The summed E-state index contributed by atoms with van der Waals surface area (Å²) in [7, 11) is 3.16. The summed E-state index contributed by atoms with van der Waals surface area (Å²) in [4.78, 5) is 17.3. The average molecular weight is 217 g/mol. The van der Waals surface area contributed by atoms with Gasteiger partial charge in [0.05, 0.1) is 13.3 Å². The van der Waals surface area contributed by atoms with E-state index in [1.807, 2.05) is 0 Å². The van der Waals surface area contributed by atoms with Gasteiger partial charge >= 0.3 is 6.03 Å². The molecular weight excluding hydrogens is 198 g/mol. The van der Waals surface area contributed by atoms with Crippen LogP contribution in [0.25, 0.3) is 0 Å². The van der Waals surface area contributed by atoms with Crippen molar-refractivity contribution in [2.45, 2.75) is 6.92 Å². The fraction of sp³-hybridized carbons (Fsp3) is 0.889. The third kappa shape index (κ3) is 3.05. The average Bonchev–Trinajstić information content (AvgIpc) is 2.24. The number of urea groups is 1. The van der Waals surface area contributed by atoms with E-state index in [0.717, 1.165) is 6.54 Å². The number of nitrogens with zero attached hydrogens (tertiary/aromatic N) is 3. The molecule has 2 amide bonds. The van der Waals surface area contributed by atoms with Crippen LogP contribution in [-0.2, 0) is 9.47 Å². The number of carbonyl (C=O) groups is 1. The van der Waals surface area contributed by atoms with Crippen molar-refractivity contribution in [1.82, 2.24) is 14.7 Å². The van der Waals surface area contributed by atoms with Crippen molar-refractivity contribution in [2.24, 2.45) is 0 Å². The van der Waals surface area contributed by atoms with Crippen molar-refractivity contribution >= 4 is 6.03 Å². The largest absolute Gasteiger partial charge is 0.364 e. The topological polar surface area (TPSA) is 45.2 Å². The van der Waals surface area contributed by atoms with Crippen LogP contribution in [0.3, 0.4) is 0 Å². The van der Waals surface area contributed by atoms with Gasteiger partial charge in [0.1, 0.15) is 13.5 Å². The first-order valence-corrected chi connectivity index (χ1v) is 4.97. The van der Waals surface area contributed by atoms with Gasteiger partial charge in [0.15, 0.2) is 0 Å². The van der Waals surface area contributed by atoms with Crippen LogP contribution in [-0.4, -0.2) is 68.3 Å². The Hall–Kier alpha value is -0.850. The number of amides is 2. The summed E-state index contributed by atoms with van der Waals surface area (Å²) in [5, 5.41) is 0. The molecule has 88 valence electrons. The normalized spacial score (nSPS) is 18.7. The summed E-state index contributed by atoms with van der Waals surface area (Å²) in [6, 6.07) is -0.0385. The minimum atomic E-state index is -0.0385. The fourth-order valence-electron chi connectivity index (χ4n) is 1.55. The van der Waals surface area contributed by atoms with E-state index in [-0.39, 0.29) is 6.03 Å². The molecule has 1 fully saturated rings. The number of ether oxygens (including phenoxy) is 2. The zero-order valence-corrected chi connectivity index (χ0v) is 9.60. The molecule has 0 atom stereocenters. The summed E-state index contributed by atoms with van der Waals surface area (Å²) in [6.45, 7) is 4.82. The lowest BCUT2D eigenvalue weighted by Gasteiger charge is -2.40. The molecule has 0 radical (unpaired) electrons. The van der Waals surface area contributed by atoms with Crippen molar-refractivity contribution < 1.29 is 14.3 Å². The quantitative estimate of drug-likeness (QED) is 0.658. The van der Waals surface area contributed by atoms with Gasteiger partial charge in [-0.1, -0.05) is 6.92 Å². The number of carbonyl (C=O) groups excluding carboxylic acids is 1. The molecule has 1 aliphatic heterocycles. The Balaban J connectivity index is 2.60. The van der Waals surface area contributed by atoms with E-state index in [2.05, 4.69) is 11.8 Å². The standard InChI is InChI=1S/C9H19N3O3/c1-4-10-5-11(7-14-2)9(13)12(6-10)8-15-3/h4-8H2,1-3H3. The first kappa shape index (κ1) is 12.2. The van der Waals surface area contributed by atoms with Gasteiger partial charge in [0.2, 0.25) is 0 Å². The van der Waals surface area contributed by atoms with Gasteiger partial charge in [-0.3, -0.25) is 14.7 Å². The molecule has 1 heterocycles. The minimum absolute atomic E-state index is 0.0385. The summed E-state index contributed by atoms with van der Waals surface area (Å²) in [6.07, 6.45) is 0. The molecule has 0 aromatic heterocycles. The zero-order chi connectivity index (χ0) is 11.3. The van der Waals surface area contributed by atoms with Crippen LogP contribution >= 0.6 is 0 Å². The van der Waals surface area contributed by atoms with Crippen LogP contribution in [0.2, 0.25) is 0 Å². The van der Waals surface area contributed by atoms with E-state index in [0.29, 0.717) is 26.8 Å². The summed E-state index contributed by atoms with van der Waals surface area (Å²) < 4.78 is 9.96. The molecule has 1 rings (SSSR count). The van der Waals surface area contributed by atoms with E-state index in [1.165, 1.54) is 0 Å². The van der Waals surface area contributed by atoms with Gasteiger partial charge in [-0.05, 0) is 6.54 Å². The van der Waals surface area contributed by atoms with Gasteiger partial charge in [0.25, 0.3) is 0 Å². The van der Waals surface area contributed by atoms with Gasteiger partial charge < -0.3 is 9.47 Å². The molecule has 0 saturated carbocycles. The molecule has 0 spiro atoms. The van der Waals surface area contributed by atoms with E-state index >= 15 is 0 Å². The number of methoxy groups -OCH3 is 2. The highest BCUT2D eigenvalue weighted by Crippen LogP contribution is 2.09. The Labute approximate surface area is 90.3 Å². The van der Waals surface area contributed by atoms with E-state index in [4.69, 9.17) is 9.47 Å². The molecule has 0 N–H and O–H groups in total. The number of hydrogen-bond acceptors (Lipinski definition) is 4. The highest BCUT2D eigenvalue weighted by Gasteiger charge is 2.28. The second-order valence-electron chi connectivity index (χ2n) is 3.47. The van der Waals surface area contributed by atoms with Crippen LogP contribution in [0.15, 0.2) is 0 Å². The van der Waals surface area contributed by atoms with Crippen LogP contribution < -0.4 is 0 Å². The van der Waals surface area contributed by atoms with E-state index < -0.39 is 0 Å². The van der Waals surface area contributed by atoms with Crippen LogP contribution in [0, 0.1) is 0 Å². The summed E-state index contributed by atoms with van der Waals surface area (Å²) >= 11 is 0. The molecule has 0 unspecified atom stereocenters.